The molecule has 3 N–H and O–H groups in total. The van der Waals surface area contributed by atoms with Gasteiger partial charge >= 0.3 is 13.8 Å². The highest BCUT2D eigenvalue weighted by molar-refractivity contribution is 7.50. The van der Waals surface area contributed by atoms with Gasteiger partial charge in [-0.05, 0) is 20.8 Å². The molecule has 0 aromatic carbocycles. The highest BCUT2D eigenvalue weighted by Gasteiger charge is 2.47. The summed E-state index contributed by atoms with van der Waals surface area (Å²) in [5, 5.41) is 2.23. The first-order valence-corrected chi connectivity index (χ1v) is 6.44. The number of β-lactam (4-membered cyclic amide) rings is 1. The summed E-state index contributed by atoms with van der Waals surface area (Å²) in [6, 6.07) is -0.933. The lowest BCUT2D eigenvalue weighted by Crippen LogP contribution is -2.62. The summed E-state index contributed by atoms with van der Waals surface area (Å²) >= 11 is 0. The van der Waals surface area contributed by atoms with Gasteiger partial charge in [0.05, 0.1) is 6.54 Å². The molecule has 1 heterocycles. The van der Waals surface area contributed by atoms with E-state index in [0.717, 1.165) is 0 Å². The number of hydrogen-bond acceptors (Lipinski definition) is 4. The smallest absolute Gasteiger partial charge is 0.432 e. The maximum Gasteiger partial charge on any atom is 0.432 e. The summed E-state index contributed by atoms with van der Waals surface area (Å²) in [5.74, 6) is -0.816. The molecule has 1 saturated heterocycles. The van der Waals surface area contributed by atoms with Crippen molar-refractivity contribution in [1.82, 2.24) is 9.99 Å². The van der Waals surface area contributed by atoms with Crippen molar-refractivity contribution >= 4 is 19.7 Å². The van der Waals surface area contributed by atoms with Crippen molar-refractivity contribution in [2.45, 2.75) is 32.4 Å². The lowest BCUT2D eigenvalue weighted by molar-refractivity contribution is -0.138. The average molecular weight is 266 g/mol. The fourth-order valence-electron chi connectivity index (χ4n) is 1.20. The summed E-state index contributed by atoms with van der Waals surface area (Å²) in [4.78, 5) is 40.0. The zero-order chi connectivity index (χ0) is 13.4. The zero-order valence-corrected chi connectivity index (χ0v) is 10.6. The fourth-order valence-corrected chi connectivity index (χ4v) is 1.97. The maximum absolute atomic E-state index is 11.3. The quantitative estimate of drug-likeness (QED) is 0.471. The summed E-state index contributed by atoms with van der Waals surface area (Å²) < 4.78 is 16.0. The summed E-state index contributed by atoms with van der Waals surface area (Å²) in [7, 11) is -4.56. The molecule has 1 aliphatic rings. The van der Waals surface area contributed by atoms with Gasteiger partial charge in [-0.25, -0.2) is 14.0 Å². The highest BCUT2D eigenvalue weighted by Crippen LogP contribution is 2.44. The Morgan fingerprint density at radius 1 is 1.53 bits per heavy atom. The van der Waals surface area contributed by atoms with Crippen LogP contribution in [0.2, 0.25) is 0 Å². The van der Waals surface area contributed by atoms with E-state index >= 15 is 0 Å². The van der Waals surface area contributed by atoms with E-state index in [1.54, 1.807) is 20.8 Å². The van der Waals surface area contributed by atoms with Gasteiger partial charge in [0.1, 0.15) is 11.6 Å². The van der Waals surface area contributed by atoms with Gasteiger partial charge in [0.2, 0.25) is 0 Å². The van der Waals surface area contributed by atoms with Crippen LogP contribution in [0, 0.1) is 0 Å². The molecule has 98 valence electrons. The van der Waals surface area contributed by atoms with Crippen molar-refractivity contribution in [3.8, 4) is 0 Å². The van der Waals surface area contributed by atoms with E-state index in [1.807, 2.05) is 0 Å². The van der Waals surface area contributed by atoms with E-state index in [0.29, 0.717) is 4.67 Å². The SMILES string of the molecule is CC(C)(C)OC(=O)N[C@H]1CN(P(=O)(O)O)C1=O. The lowest BCUT2D eigenvalue weighted by Gasteiger charge is -2.38. The Bertz CT molecular complexity index is 384. The number of amides is 2. The second-order valence-corrected chi connectivity index (χ2v) is 6.14. The Kier molecular flexibility index (Phi) is 3.52. The second kappa shape index (κ2) is 4.29. The van der Waals surface area contributed by atoms with E-state index in [9.17, 15) is 14.2 Å². The monoisotopic (exact) mass is 266 g/mol. The van der Waals surface area contributed by atoms with Crippen LogP contribution in [-0.2, 0) is 14.1 Å². The van der Waals surface area contributed by atoms with Crippen molar-refractivity contribution < 1.29 is 28.7 Å². The average Bonchev–Trinajstić information content (AvgIpc) is 2.05. The second-order valence-electron chi connectivity index (χ2n) is 4.63. The normalized spacial score (nSPS) is 20.9. The number of carbonyl (C=O) groups excluding carboxylic acids is 2. The maximum atomic E-state index is 11.3. The third kappa shape index (κ3) is 3.69. The summed E-state index contributed by atoms with van der Waals surface area (Å²) in [6.07, 6.45) is -0.791. The highest BCUT2D eigenvalue weighted by atomic mass is 31.2. The summed E-state index contributed by atoms with van der Waals surface area (Å²) in [6.45, 7) is 4.77. The molecule has 1 atom stereocenters. The molecule has 1 rings (SSSR count). The van der Waals surface area contributed by atoms with Gasteiger partial charge in [-0.3, -0.25) is 4.79 Å². The van der Waals surface area contributed by atoms with Crippen molar-refractivity contribution in [1.29, 1.82) is 0 Å². The number of alkyl carbamates (subject to hydrolysis) is 1. The molecule has 2 amide bonds. The van der Waals surface area contributed by atoms with Crippen molar-refractivity contribution in [3.63, 3.8) is 0 Å². The Morgan fingerprint density at radius 3 is 2.41 bits per heavy atom. The third-order valence-electron chi connectivity index (χ3n) is 1.91. The predicted molar refractivity (Wildman–Crippen MR) is 56.9 cm³/mol. The van der Waals surface area contributed by atoms with Gasteiger partial charge in [-0.15, -0.1) is 0 Å². The van der Waals surface area contributed by atoms with Crippen LogP contribution in [0.1, 0.15) is 20.8 Å². The number of carbonyl (C=O) groups is 2. The Hall–Kier alpha value is -1.11. The number of nitrogens with one attached hydrogen (secondary N) is 1. The standard InChI is InChI=1S/C8H15N2O6P/c1-8(2,3)16-7(12)9-5-4-10(6(5)11)17(13,14)15/h5H,4H2,1-3H3,(H,9,12)(H2,13,14,15)/t5-/m0/s1. The molecular formula is C8H15N2O6P. The van der Waals surface area contributed by atoms with E-state index in [-0.39, 0.29) is 6.54 Å². The van der Waals surface area contributed by atoms with Gasteiger partial charge < -0.3 is 19.8 Å². The number of rotatable bonds is 2. The molecule has 0 spiro atoms. The molecule has 1 aliphatic heterocycles. The van der Waals surface area contributed by atoms with E-state index in [1.165, 1.54) is 0 Å². The number of hydrogen-bond donors (Lipinski definition) is 3. The molecule has 1 fully saturated rings. The number of nitrogens with zero attached hydrogens (tertiary/aromatic N) is 1. The molecule has 0 aromatic rings. The molecule has 0 saturated carbocycles. The number of ether oxygens (including phenoxy) is 1. The van der Waals surface area contributed by atoms with Crippen LogP contribution in [0.15, 0.2) is 0 Å². The minimum Gasteiger partial charge on any atom is -0.444 e. The van der Waals surface area contributed by atoms with Crippen LogP contribution in [0.5, 0.6) is 0 Å². The van der Waals surface area contributed by atoms with Gasteiger partial charge in [0.15, 0.2) is 0 Å². The molecule has 8 nitrogen and oxygen atoms in total. The first-order chi connectivity index (χ1) is 7.50. The Labute approximate surface area is 98.1 Å². The zero-order valence-electron chi connectivity index (χ0n) is 9.71. The predicted octanol–water partition coefficient (Wildman–Crippen LogP) is -0.185. The molecular weight excluding hydrogens is 251 g/mol. The van der Waals surface area contributed by atoms with Crippen LogP contribution in [-0.4, -0.2) is 44.6 Å². The molecule has 17 heavy (non-hydrogen) atoms. The van der Waals surface area contributed by atoms with Crippen molar-refractivity contribution in [3.05, 3.63) is 0 Å². The van der Waals surface area contributed by atoms with Crippen molar-refractivity contribution in [2.24, 2.45) is 0 Å². The fraction of sp³-hybridized carbons (Fsp3) is 0.750. The van der Waals surface area contributed by atoms with Crippen LogP contribution in [0.25, 0.3) is 0 Å². The van der Waals surface area contributed by atoms with E-state index < -0.39 is 31.4 Å². The van der Waals surface area contributed by atoms with Crippen LogP contribution in [0.4, 0.5) is 4.79 Å². The van der Waals surface area contributed by atoms with Gasteiger partial charge in [0.25, 0.3) is 5.91 Å². The molecule has 0 aromatic heterocycles. The van der Waals surface area contributed by atoms with Crippen LogP contribution in [0.3, 0.4) is 0 Å². The molecule has 9 heteroatoms. The topological polar surface area (TPSA) is 116 Å². The van der Waals surface area contributed by atoms with E-state index in [4.69, 9.17) is 14.5 Å². The minimum absolute atomic E-state index is 0.220. The van der Waals surface area contributed by atoms with Crippen LogP contribution >= 0.6 is 7.75 Å². The summed E-state index contributed by atoms with van der Waals surface area (Å²) in [5.41, 5.74) is -0.695. The molecule has 0 unspecified atom stereocenters. The first kappa shape index (κ1) is 14.0. The Morgan fingerprint density at radius 2 is 2.06 bits per heavy atom. The van der Waals surface area contributed by atoms with Crippen molar-refractivity contribution in [2.75, 3.05) is 6.54 Å². The largest absolute Gasteiger partial charge is 0.444 e. The lowest BCUT2D eigenvalue weighted by atomic mass is 10.1. The Balaban J connectivity index is 2.46. The first-order valence-electron chi connectivity index (χ1n) is 4.87. The van der Waals surface area contributed by atoms with Gasteiger partial charge in [0, 0.05) is 0 Å². The molecule has 0 aliphatic carbocycles. The van der Waals surface area contributed by atoms with E-state index in [2.05, 4.69) is 5.32 Å². The minimum atomic E-state index is -4.56. The van der Waals surface area contributed by atoms with Gasteiger partial charge in [-0.1, -0.05) is 0 Å². The third-order valence-corrected chi connectivity index (χ3v) is 2.90. The van der Waals surface area contributed by atoms with Gasteiger partial charge in [-0.2, -0.15) is 0 Å². The molecule has 0 radical (unpaired) electrons. The molecule has 0 bridgehead atoms. The van der Waals surface area contributed by atoms with Crippen LogP contribution < -0.4 is 5.32 Å².